The molecule has 2 aromatic carbocycles. The number of non-ortho nitro benzene ring substituents is 2. The summed E-state index contributed by atoms with van der Waals surface area (Å²) in [7, 11) is 0. The fraction of sp³-hybridized carbons (Fsp3) is 0.556. The maximum atomic E-state index is 13.3. The van der Waals surface area contributed by atoms with Crippen LogP contribution in [0.4, 0.5) is 11.4 Å². The first-order valence-electron chi connectivity index (χ1n) is 17.1. The molecule has 2 aliphatic rings. The van der Waals surface area contributed by atoms with Crippen LogP contribution in [0.1, 0.15) is 87.9 Å². The van der Waals surface area contributed by atoms with E-state index >= 15 is 0 Å². The second-order valence-electron chi connectivity index (χ2n) is 14.5. The van der Waals surface area contributed by atoms with Crippen LogP contribution < -0.4 is 9.47 Å². The summed E-state index contributed by atoms with van der Waals surface area (Å²) < 4.78 is 44.5. The van der Waals surface area contributed by atoms with Crippen molar-refractivity contribution in [3.8, 4) is 11.5 Å². The monoisotopic (exact) mass is 760 g/mol. The third-order valence-corrected chi connectivity index (χ3v) is 8.54. The van der Waals surface area contributed by atoms with E-state index in [9.17, 15) is 39.4 Å². The zero-order chi connectivity index (χ0) is 39.9. The van der Waals surface area contributed by atoms with Crippen LogP contribution in [-0.4, -0.2) is 84.9 Å². The van der Waals surface area contributed by atoms with E-state index < -0.39 is 67.5 Å². The molecular weight excluding hydrogens is 716 g/mol. The van der Waals surface area contributed by atoms with E-state index in [0.29, 0.717) is 25.7 Å². The fourth-order valence-corrected chi connectivity index (χ4v) is 4.98. The Bertz CT molecular complexity index is 1650. The lowest BCUT2D eigenvalue weighted by atomic mass is 9.91. The van der Waals surface area contributed by atoms with Crippen LogP contribution in [0.25, 0.3) is 0 Å². The smallest absolute Gasteiger partial charge is 0.338 e. The number of hydrogen-bond acceptors (Lipinski definition) is 16. The first-order valence-corrected chi connectivity index (χ1v) is 17.1. The van der Waals surface area contributed by atoms with Crippen molar-refractivity contribution in [2.24, 2.45) is 10.8 Å². The van der Waals surface area contributed by atoms with Gasteiger partial charge in [-0.15, -0.1) is 0 Å². The van der Waals surface area contributed by atoms with Gasteiger partial charge in [-0.05, 0) is 79.4 Å². The Morgan fingerprint density at radius 1 is 0.574 bits per heavy atom. The number of carbonyl (C=O) groups excluding carboxylic acids is 4. The van der Waals surface area contributed by atoms with E-state index in [4.69, 9.17) is 37.9 Å². The number of nitro benzene ring substituents is 2. The minimum Gasteiger partial charge on any atom is -0.462 e. The Balaban J connectivity index is 1.33. The Morgan fingerprint density at radius 3 is 1.28 bits per heavy atom. The highest BCUT2D eigenvalue weighted by molar-refractivity contribution is 5.92. The molecule has 0 spiro atoms. The number of benzene rings is 2. The summed E-state index contributed by atoms with van der Waals surface area (Å²) in [6.07, 6.45) is 1.94. The molecule has 0 atom stereocenters. The topological polar surface area (TPSA) is 228 Å². The molecule has 0 aliphatic carbocycles. The van der Waals surface area contributed by atoms with Crippen LogP contribution in [0, 0.1) is 31.1 Å². The predicted octanol–water partition coefficient (Wildman–Crippen LogP) is 5.47. The number of ether oxygens (including phenoxy) is 8. The van der Waals surface area contributed by atoms with Crippen molar-refractivity contribution < 1.29 is 66.9 Å². The van der Waals surface area contributed by atoms with E-state index in [1.165, 1.54) is 18.2 Å². The van der Waals surface area contributed by atoms with Crippen LogP contribution >= 0.6 is 0 Å². The summed E-state index contributed by atoms with van der Waals surface area (Å²) >= 11 is 0. The van der Waals surface area contributed by atoms with Gasteiger partial charge in [0.1, 0.15) is 22.3 Å². The average molecular weight is 761 g/mol. The first kappa shape index (κ1) is 41.7. The Morgan fingerprint density at radius 2 is 0.926 bits per heavy atom. The molecule has 18 nitrogen and oxygen atoms in total. The average Bonchev–Trinajstić information content (AvgIpc) is 3.11. The number of nitrogens with zero attached hydrogens (tertiary/aromatic N) is 2. The summed E-state index contributed by atoms with van der Waals surface area (Å²) in [5, 5.41) is 22.2. The quantitative estimate of drug-likeness (QED) is 0.0721. The van der Waals surface area contributed by atoms with Gasteiger partial charge in [0.15, 0.2) is 11.6 Å². The molecule has 0 saturated carbocycles. The largest absolute Gasteiger partial charge is 0.462 e. The first-order chi connectivity index (χ1) is 25.2. The molecule has 2 heterocycles. The van der Waals surface area contributed by atoms with Gasteiger partial charge in [-0.25, -0.2) is 9.59 Å². The molecule has 0 unspecified atom stereocenters. The molecule has 18 heteroatoms. The molecule has 2 aromatic rings. The maximum absolute atomic E-state index is 13.3. The van der Waals surface area contributed by atoms with Crippen LogP contribution in [0.15, 0.2) is 36.4 Å². The molecule has 2 saturated heterocycles. The van der Waals surface area contributed by atoms with Crippen molar-refractivity contribution in [1.29, 1.82) is 0 Å². The van der Waals surface area contributed by atoms with Crippen molar-refractivity contribution >= 4 is 35.3 Å². The highest BCUT2D eigenvalue weighted by Crippen LogP contribution is 2.35. The van der Waals surface area contributed by atoms with E-state index in [1.54, 1.807) is 41.5 Å². The number of esters is 4. The van der Waals surface area contributed by atoms with Gasteiger partial charge in [0, 0.05) is 18.2 Å². The van der Waals surface area contributed by atoms with Gasteiger partial charge in [0.2, 0.25) is 0 Å². The number of hydrogen-bond donors (Lipinski definition) is 0. The number of unbranched alkanes of at least 4 members (excludes halogenated alkanes) is 3. The van der Waals surface area contributed by atoms with Gasteiger partial charge < -0.3 is 37.9 Å². The van der Waals surface area contributed by atoms with Crippen molar-refractivity contribution in [1.82, 2.24) is 0 Å². The van der Waals surface area contributed by atoms with Gasteiger partial charge >= 0.3 is 23.9 Å². The Labute approximate surface area is 310 Å². The van der Waals surface area contributed by atoms with E-state index in [1.807, 2.05) is 0 Å². The van der Waals surface area contributed by atoms with Gasteiger partial charge in [-0.3, -0.25) is 29.8 Å². The zero-order valence-corrected chi connectivity index (χ0v) is 31.0. The molecule has 294 valence electrons. The minimum absolute atomic E-state index is 0.000175. The Hall–Kier alpha value is -5.04. The molecule has 54 heavy (non-hydrogen) atoms. The summed E-state index contributed by atoms with van der Waals surface area (Å²) in [5.41, 5.74) is -3.92. The van der Waals surface area contributed by atoms with E-state index in [-0.39, 0.29) is 62.3 Å². The zero-order valence-electron chi connectivity index (χ0n) is 31.0. The van der Waals surface area contributed by atoms with Crippen LogP contribution in [0.3, 0.4) is 0 Å². The molecule has 2 aliphatic heterocycles. The van der Waals surface area contributed by atoms with Crippen molar-refractivity contribution in [2.75, 3.05) is 39.6 Å². The van der Waals surface area contributed by atoms with Gasteiger partial charge in [0.25, 0.3) is 11.4 Å². The highest BCUT2D eigenvalue weighted by Gasteiger charge is 2.45. The SMILES string of the molecule is CC1(C)OCC(C)(C(=O)Oc2cc(OC(=O)C3(C)COC(C)(C)OC3)cc(C(=O)OCCCCCCOC(=O)c3cc([N+](=O)[O-])cc([N+](=O)[O-])c3)c2)CO1. The van der Waals surface area contributed by atoms with E-state index in [2.05, 4.69) is 0 Å². The highest BCUT2D eigenvalue weighted by atomic mass is 16.7. The molecule has 0 aromatic heterocycles. The standard InChI is InChI=1S/C36H44N2O16/c1-33(2)49-19-35(5,20-50-33)31(41)53-27-15-24(16-28(18-27)54-32(42)36(6)21-51-34(3,4)52-22-36)30(40)48-12-10-8-7-9-11-47-29(39)23-13-25(37(43)44)17-26(14-23)38(45)46/h13-18H,7-12,19-22H2,1-6H3. The second kappa shape index (κ2) is 17.0. The minimum atomic E-state index is -1.17. The third-order valence-electron chi connectivity index (χ3n) is 8.54. The van der Waals surface area contributed by atoms with Crippen molar-refractivity contribution in [3.63, 3.8) is 0 Å². The van der Waals surface area contributed by atoms with Crippen molar-refractivity contribution in [3.05, 3.63) is 67.8 Å². The summed E-state index contributed by atoms with van der Waals surface area (Å²) in [6.45, 7) is 10.1. The molecule has 0 N–H and O–H groups in total. The second-order valence-corrected chi connectivity index (χ2v) is 14.5. The Kier molecular flexibility index (Phi) is 13.1. The lowest BCUT2D eigenvalue weighted by Crippen LogP contribution is -2.50. The van der Waals surface area contributed by atoms with Crippen LogP contribution in [0.2, 0.25) is 0 Å². The van der Waals surface area contributed by atoms with E-state index in [0.717, 1.165) is 18.2 Å². The van der Waals surface area contributed by atoms with Crippen LogP contribution in [-0.2, 0) is 38.0 Å². The number of nitro groups is 2. The van der Waals surface area contributed by atoms with Gasteiger partial charge in [-0.2, -0.15) is 0 Å². The van der Waals surface area contributed by atoms with Gasteiger partial charge in [-0.1, -0.05) is 0 Å². The fourth-order valence-electron chi connectivity index (χ4n) is 4.98. The molecule has 2 fully saturated rings. The lowest BCUT2D eigenvalue weighted by molar-refractivity contribution is -0.394. The molecule has 0 bridgehead atoms. The maximum Gasteiger partial charge on any atom is 0.338 e. The third kappa shape index (κ3) is 11.2. The molecule has 4 rings (SSSR count). The number of carbonyl (C=O) groups is 4. The molecule has 0 amide bonds. The predicted molar refractivity (Wildman–Crippen MR) is 185 cm³/mol. The summed E-state index contributed by atoms with van der Waals surface area (Å²) in [5.74, 6) is -5.02. The number of rotatable bonds is 15. The molecule has 0 radical (unpaired) electrons. The lowest BCUT2D eigenvalue weighted by Gasteiger charge is -2.39. The summed E-state index contributed by atoms with van der Waals surface area (Å²) in [6, 6.07) is 6.43. The van der Waals surface area contributed by atoms with Crippen molar-refractivity contribution in [2.45, 2.75) is 78.8 Å². The summed E-state index contributed by atoms with van der Waals surface area (Å²) in [4.78, 5) is 72.5. The van der Waals surface area contributed by atoms with Gasteiger partial charge in [0.05, 0.1) is 66.7 Å². The normalized spacial score (nSPS) is 18.1. The van der Waals surface area contributed by atoms with Crippen LogP contribution in [0.5, 0.6) is 11.5 Å². The molecular formula is C36H44N2O16.